The molecule has 98 valence electrons. The van der Waals surface area contributed by atoms with Crippen LogP contribution in [0.15, 0.2) is 42.5 Å². The number of fused-ring (bicyclic) bond motifs is 1. The van der Waals surface area contributed by atoms with Gasteiger partial charge in [-0.2, -0.15) is 0 Å². The van der Waals surface area contributed by atoms with E-state index < -0.39 is 0 Å². The third-order valence-corrected chi connectivity index (χ3v) is 3.87. The molecular weight excluding hydrogens is 232 g/mol. The van der Waals surface area contributed by atoms with Crippen LogP contribution in [-0.2, 0) is 6.54 Å². The highest BCUT2D eigenvalue weighted by Crippen LogP contribution is 2.32. The number of anilines is 2. The van der Waals surface area contributed by atoms with Gasteiger partial charge >= 0.3 is 0 Å². The zero-order valence-corrected chi connectivity index (χ0v) is 11.6. The van der Waals surface area contributed by atoms with Crippen LogP contribution in [0.5, 0.6) is 0 Å². The number of aryl methyl sites for hydroxylation is 2. The van der Waals surface area contributed by atoms with Crippen LogP contribution in [-0.4, -0.2) is 13.1 Å². The van der Waals surface area contributed by atoms with Crippen LogP contribution >= 0.6 is 0 Å². The molecule has 0 saturated heterocycles. The lowest BCUT2D eigenvalue weighted by Gasteiger charge is -2.33. The lowest BCUT2D eigenvalue weighted by atomic mass is 10.0. The quantitative estimate of drug-likeness (QED) is 0.876. The highest BCUT2D eigenvalue weighted by Gasteiger charge is 2.17. The summed E-state index contributed by atoms with van der Waals surface area (Å²) in [5.41, 5.74) is 6.69. The fourth-order valence-electron chi connectivity index (χ4n) is 2.62. The summed E-state index contributed by atoms with van der Waals surface area (Å²) in [7, 11) is 0. The largest absolute Gasteiger partial charge is 0.382 e. The number of hydrogen-bond acceptors (Lipinski definition) is 2. The van der Waals surface area contributed by atoms with Gasteiger partial charge in [-0.05, 0) is 42.7 Å². The normalized spacial score (nSPS) is 13.9. The molecule has 0 amide bonds. The highest BCUT2D eigenvalue weighted by molar-refractivity contribution is 5.74. The SMILES string of the molecule is Cc1cc2c(cc1C)N(Cc1ccccc1)CCN2. The molecule has 2 aromatic rings. The Bertz CT molecular complexity index is 575. The van der Waals surface area contributed by atoms with Gasteiger partial charge in [0, 0.05) is 19.6 Å². The fraction of sp³-hybridized carbons (Fsp3) is 0.294. The second-order valence-corrected chi connectivity index (χ2v) is 5.29. The third kappa shape index (κ3) is 2.43. The Morgan fingerprint density at radius 2 is 1.79 bits per heavy atom. The summed E-state index contributed by atoms with van der Waals surface area (Å²) in [6.07, 6.45) is 0. The van der Waals surface area contributed by atoms with Crippen LogP contribution < -0.4 is 10.2 Å². The standard InChI is InChI=1S/C17H20N2/c1-13-10-16-17(11-14(13)2)19(9-8-18-16)12-15-6-4-3-5-7-15/h3-7,10-11,18H,8-9,12H2,1-2H3. The van der Waals surface area contributed by atoms with Crippen molar-refractivity contribution in [3.8, 4) is 0 Å². The van der Waals surface area contributed by atoms with Gasteiger partial charge in [0.1, 0.15) is 0 Å². The van der Waals surface area contributed by atoms with Crippen LogP contribution in [0.25, 0.3) is 0 Å². The molecule has 0 bridgehead atoms. The third-order valence-electron chi connectivity index (χ3n) is 3.87. The van der Waals surface area contributed by atoms with E-state index in [9.17, 15) is 0 Å². The Kier molecular flexibility index (Phi) is 3.16. The van der Waals surface area contributed by atoms with Crippen LogP contribution in [0, 0.1) is 13.8 Å². The first-order chi connectivity index (χ1) is 9.24. The van der Waals surface area contributed by atoms with E-state index >= 15 is 0 Å². The Morgan fingerprint density at radius 3 is 2.58 bits per heavy atom. The van der Waals surface area contributed by atoms with Crippen molar-refractivity contribution >= 4 is 11.4 Å². The summed E-state index contributed by atoms with van der Waals surface area (Å²) >= 11 is 0. The van der Waals surface area contributed by atoms with Crippen LogP contribution in [0.3, 0.4) is 0 Å². The van der Waals surface area contributed by atoms with Crippen molar-refractivity contribution in [2.24, 2.45) is 0 Å². The molecule has 3 rings (SSSR count). The van der Waals surface area contributed by atoms with E-state index in [0.29, 0.717) is 0 Å². The van der Waals surface area contributed by atoms with Crippen molar-refractivity contribution in [1.29, 1.82) is 0 Å². The smallest absolute Gasteiger partial charge is 0.0608 e. The molecule has 0 spiro atoms. The topological polar surface area (TPSA) is 15.3 Å². The second-order valence-electron chi connectivity index (χ2n) is 5.29. The minimum Gasteiger partial charge on any atom is -0.382 e. The van der Waals surface area contributed by atoms with Gasteiger partial charge in [-0.1, -0.05) is 30.3 Å². The van der Waals surface area contributed by atoms with Crippen LogP contribution in [0.2, 0.25) is 0 Å². The monoisotopic (exact) mass is 252 g/mol. The lowest BCUT2D eigenvalue weighted by Crippen LogP contribution is -2.33. The molecule has 2 heteroatoms. The molecular formula is C17H20N2. The summed E-state index contributed by atoms with van der Waals surface area (Å²) in [6.45, 7) is 7.42. The minimum atomic E-state index is 0.984. The maximum absolute atomic E-state index is 3.50. The van der Waals surface area contributed by atoms with Gasteiger partial charge in [0.2, 0.25) is 0 Å². The summed E-state index contributed by atoms with van der Waals surface area (Å²) in [4.78, 5) is 2.47. The summed E-state index contributed by atoms with van der Waals surface area (Å²) in [5.74, 6) is 0. The number of nitrogens with one attached hydrogen (secondary N) is 1. The Labute approximate surface area is 115 Å². The first-order valence-electron chi connectivity index (χ1n) is 6.88. The molecule has 2 aromatic carbocycles. The van der Waals surface area contributed by atoms with Gasteiger partial charge < -0.3 is 10.2 Å². The molecule has 1 aliphatic rings. The zero-order chi connectivity index (χ0) is 13.2. The number of hydrogen-bond donors (Lipinski definition) is 1. The average Bonchev–Trinajstić information content (AvgIpc) is 2.42. The molecule has 0 aliphatic carbocycles. The van der Waals surface area contributed by atoms with Crippen molar-refractivity contribution < 1.29 is 0 Å². The Morgan fingerprint density at radius 1 is 1.05 bits per heavy atom. The minimum absolute atomic E-state index is 0.984. The van der Waals surface area contributed by atoms with E-state index in [4.69, 9.17) is 0 Å². The zero-order valence-electron chi connectivity index (χ0n) is 11.6. The lowest BCUT2D eigenvalue weighted by molar-refractivity contribution is 0.786. The molecule has 0 saturated carbocycles. The molecule has 2 nitrogen and oxygen atoms in total. The van der Waals surface area contributed by atoms with Gasteiger partial charge in [-0.3, -0.25) is 0 Å². The molecule has 1 heterocycles. The van der Waals surface area contributed by atoms with E-state index in [0.717, 1.165) is 19.6 Å². The molecule has 0 aromatic heterocycles. The first-order valence-corrected chi connectivity index (χ1v) is 6.88. The maximum Gasteiger partial charge on any atom is 0.0608 e. The van der Waals surface area contributed by atoms with E-state index in [1.807, 2.05) is 0 Å². The number of nitrogens with zero attached hydrogens (tertiary/aromatic N) is 1. The Hall–Kier alpha value is -1.96. The van der Waals surface area contributed by atoms with Gasteiger partial charge in [0.05, 0.1) is 11.4 Å². The maximum atomic E-state index is 3.50. The molecule has 1 N–H and O–H groups in total. The second kappa shape index (κ2) is 4.96. The van der Waals surface area contributed by atoms with Gasteiger partial charge in [0.15, 0.2) is 0 Å². The average molecular weight is 252 g/mol. The summed E-state index contributed by atoms with van der Waals surface area (Å²) < 4.78 is 0. The van der Waals surface area contributed by atoms with Gasteiger partial charge in [-0.25, -0.2) is 0 Å². The van der Waals surface area contributed by atoms with E-state index in [1.165, 1.54) is 28.1 Å². The van der Waals surface area contributed by atoms with Crippen molar-refractivity contribution in [1.82, 2.24) is 0 Å². The predicted octanol–water partition coefficient (Wildman–Crippen LogP) is 3.74. The molecule has 1 aliphatic heterocycles. The van der Waals surface area contributed by atoms with Crippen LogP contribution in [0.4, 0.5) is 11.4 Å². The molecule has 0 unspecified atom stereocenters. The molecule has 0 atom stereocenters. The fourth-order valence-corrected chi connectivity index (χ4v) is 2.62. The molecule has 19 heavy (non-hydrogen) atoms. The van der Waals surface area contributed by atoms with Crippen molar-refractivity contribution in [2.45, 2.75) is 20.4 Å². The Balaban J connectivity index is 1.92. The predicted molar refractivity (Wildman–Crippen MR) is 81.9 cm³/mol. The number of benzene rings is 2. The first kappa shape index (κ1) is 12.1. The van der Waals surface area contributed by atoms with Crippen molar-refractivity contribution in [2.75, 3.05) is 23.3 Å². The van der Waals surface area contributed by atoms with Crippen molar-refractivity contribution in [3.05, 3.63) is 59.2 Å². The van der Waals surface area contributed by atoms with Crippen LogP contribution in [0.1, 0.15) is 16.7 Å². The van der Waals surface area contributed by atoms with Crippen molar-refractivity contribution in [3.63, 3.8) is 0 Å². The van der Waals surface area contributed by atoms with Gasteiger partial charge in [-0.15, -0.1) is 0 Å². The molecule has 0 radical (unpaired) electrons. The van der Waals surface area contributed by atoms with Gasteiger partial charge in [0.25, 0.3) is 0 Å². The van der Waals surface area contributed by atoms with E-state index in [1.54, 1.807) is 0 Å². The highest BCUT2D eigenvalue weighted by atomic mass is 15.2. The molecule has 0 fully saturated rings. The summed E-state index contributed by atoms with van der Waals surface area (Å²) in [6, 6.07) is 15.3. The number of rotatable bonds is 2. The van der Waals surface area contributed by atoms with E-state index in [2.05, 4.69) is 66.5 Å². The van der Waals surface area contributed by atoms with E-state index in [-0.39, 0.29) is 0 Å². The summed E-state index contributed by atoms with van der Waals surface area (Å²) in [5, 5.41) is 3.50.